The van der Waals surface area contributed by atoms with E-state index in [0.717, 1.165) is 5.69 Å². The average molecular weight is 219 g/mol. The van der Waals surface area contributed by atoms with Crippen LogP contribution in [-0.2, 0) is 13.7 Å². The van der Waals surface area contributed by atoms with Gasteiger partial charge in [0.2, 0.25) is 0 Å². The van der Waals surface area contributed by atoms with Crippen molar-refractivity contribution in [3.05, 3.63) is 36.0 Å². The van der Waals surface area contributed by atoms with Gasteiger partial charge in [-0.05, 0) is 24.3 Å². The van der Waals surface area contributed by atoms with Gasteiger partial charge in [-0.3, -0.25) is 4.68 Å². The molecule has 0 atom stereocenters. The lowest BCUT2D eigenvalue weighted by atomic mass is 10.3. The van der Waals surface area contributed by atoms with Crippen molar-refractivity contribution in [2.75, 3.05) is 5.73 Å². The molecule has 1 aromatic carbocycles. The summed E-state index contributed by atoms with van der Waals surface area (Å²) < 4.78 is 7.07. The smallest absolute Gasteiger partial charge is 0.132 e. The van der Waals surface area contributed by atoms with Gasteiger partial charge in [-0.1, -0.05) is 0 Å². The number of hydrogen-bond donors (Lipinski definition) is 2. The molecule has 0 aliphatic rings. The van der Waals surface area contributed by atoms with Crippen molar-refractivity contribution in [3.8, 4) is 11.5 Å². The molecule has 0 radical (unpaired) electrons. The first-order valence-corrected chi connectivity index (χ1v) is 4.85. The Balaban J connectivity index is 1.99. The SMILES string of the molecule is Cn1nc(COc2ccc(O)cc2)cc1N. The van der Waals surface area contributed by atoms with Crippen molar-refractivity contribution in [1.82, 2.24) is 9.78 Å². The molecule has 84 valence electrons. The van der Waals surface area contributed by atoms with Gasteiger partial charge >= 0.3 is 0 Å². The molecule has 5 heteroatoms. The number of benzene rings is 1. The Morgan fingerprint density at radius 2 is 2.06 bits per heavy atom. The number of phenols is 1. The van der Waals surface area contributed by atoms with Gasteiger partial charge in [-0.2, -0.15) is 5.10 Å². The van der Waals surface area contributed by atoms with Gasteiger partial charge in [0.15, 0.2) is 0 Å². The molecule has 0 aliphatic carbocycles. The van der Waals surface area contributed by atoms with Gasteiger partial charge in [0.25, 0.3) is 0 Å². The minimum atomic E-state index is 0.217. The summed E-state index contributed by atoms with van der Waals surface area (Å²) >= 11 is 0. The normalized spacial score (nSPS) is 10.3. The highest BCUT2D eigenvalue weighted by molar-refractivity contribution is 5.32. The first-order chi connectivity index (χ1) is 7.65. The molecular formula is C11H13N3O2. The van der Waals surface area contributed by atoms with Crippen LogP contribution in [0.25, 0.3) is 0 Å². The summed E-state index contributed by atoms with van der Waals surface area (Å²) in [7, 11) is 1.78. The van der Waals surface area contributed by atoms with Gasteiger partial charge in [-0.15, -0.1) is 0 Å². The van der Waals surface area contributed by atoms with Crippen molar-refractivity contribution in [3.63, 3.8) is 0 Å². The number of nitrogens with zero attached hydrogens (tertiary/aromatic N) is 2. The summed E-state index contributed by atoms with van der Waals surface area (Å²) in [5, 5.41) is 13.3. The van der Waals surface area contributed by atoms with Crippen LogP contribution in [0, 0.1) is 0 Å². The van der Waals surface area contributed by atoms with Crippen LogP contribution in [-0.4, -0.2) is 14.9 Å². The van der Waals surface area contributed by atoms with Gasteiger partial charge in [0.05, 0.1) is 0 Å². The molecule has 0 fully saturated rings. The molecular weight excluding hydrogens is 206 g/mol. The Morgan fingerprint density at radius 1 is 1.38 bits per heavy atom. The fourth-order valence-corrected chi connectivity index (χ4v) is 1.31. The number of aromatic nitrogens is 2. The average Bonchev–Trinajstić information content (AvgIpc) is 2.58. The Morgan fingerprint density at radius 3 is 2.62 bits per heavy atom. The summed E-state index contributed by atoms with van der Waals surface area (Å²) in [4.78, 5) is 0. The Hall–Kier alpha value is -2.17. The number of rotatable bonds is 3. The summed E-state index contributed by atoms with van der Waals surface area (Å²) in [5.41, 5.74) is 6.41. The predicted octanol–water partition coefficient (Wildman–Crippen LogP) is 1.29. The van der Waals surface area contributed by atoms with Gasteiger partial charge in [0, 0.05) is 13.1 Å². The highest BCUT2D eigenvalue weighted by atomic mass is 16.5. The van der Waals surface area contributed by atoms with E-state index in [0.29, 0.717) is 18.2 Å². The van der Waals surface area contributed by atoms with Crippen molar-refractivity contribution in [2.45, 2.75) is 6.61 Å². The van der Waals surface area contributed by atoms with Crippen LogP contribution in [0.2, 0.25) is 0 Å². The number of aromatic hydroxyl groups is 1. The quantitative estimate of drug-likeness (QED) is 0.815. The molecule has 0 bridgehead atoms. The molecule has 0 unspecified atom stereocenters. The number of aryl methyl sites for hydroxylation is 1. The topological polar surface area (TPSA) is 73.3 Å². The lowest BCUT2D eigenvalue weighted by molar-refractivity contribution is 0.299. The molecule has 5 nitrogen and oxygen atoms in total. The maximum Gasteiger partial charge on any atom is 0.132 e. The maximum absolute atomic E-state index is 9.09. The highest BCUT2D eigenvalue weighted by Crippen LogP contribution is 2.17. The lowest BCUT2D eigenvalue weighted by Gasteiger charge is -2.03. The fourth-order valence-electron chi connectivity index (χ4n) is 1.31. The number of phenolic OH excluding ortho intramolecular Hbond substituents is 1. The lowest BCUT2D eigenvalue weighted by Crippen LogP contribution is -1.99. The number of hydrogen-bond acceptors (Lipinski definition) is 4. The van der Waals surface area contributed by atoms with Crippen LogP contribution in [0.15, 0.2) is 30.3 Å². The van der Waals surface area contributed by atoms with Crippen molar-refractivity contribution < 1.29 is 9.84 Å². The second-order valence-corrected chi connectivity index (χ2v) is 3.47. The zero-order valence-corrected chi connectivity index (χ0v) is 8.92. The van der Waals surface area contributed by atoms with E-state index in [4.69, 9.17) is 15.6 Å². The summed E-state index contributed by atoms with van der Waals surface area (Å²) in [5.74, 6) is 1.50. The third kappa shape index (κ3) is 2.25. The maximum atomic E-state index is 9.09. The van der Waals surface area contributed by atoms with Crippen molar-refractivity contribution >= 4 is 5.82 Å². The van der Waals surface area contributed by atoms with E-state index >= 15 is 0 Å². The van der Waals surface area contributed by atoms with E-state index in [1.165, 1.54) is 0 Å². The summed E-state index contributed by atoms with van der Waals surface area (Å²) in [6.07, 6.45) is 0. The molecule has 0 aliphatic heterocycles. The number of nitrogens with two attached hydrogens (primary N) is 1. The van der Waals surface area contributed by atoms with E-state index < -0.39 is 0 Å². The minimum absolute atomic E-state index is 0.217. The van der Waals surface area contributed by atoms with E-state index in [1.807, 2.05) is 0 Å². The van der Waals surface area contributed by atoms with Crippen molar-refractivity contribution in [2.24, 2.45) is 7.05 Å². The molecule has 3 N–H and O–H groups in total. The van der Waals surface area contributed by atoms with Gasteiger partial charge < -0.3 is 15.6 Å². The Bertz CT molecular complexity index is 457. The summed E-state index contributed by atoms with van der Waals surface area (Å²) in [6.45, 7) is 0.357. The molecule has 2 aromatic rings. The first kappa shape index (κ1) is 10.4. The third-order valence-electron chi connectivity index (χ3n) is 2.19. The molecule has 0 spiro atoms. The molecule has 1 heterocycles. The number of nitrogen functional groups attached to an aromatic ring is 1. The largest absolute Gasteiger partial charge is 0.508 e. The molecule has 0 amide bonds. The Kier molecular flexibility index (Phi) is 2.68. The second-order valence-electron chi connectivity index (χ2n) is 3.47. The highest BCUT2D eigenvalue weighted by Gasteiger charge is 2.02. The minimum Gasteiger partial charge on any atom is -0.508 e. The molecule has 1 aromatic heterocycles. The third-order valence-corrected chi connectivity index (χ3v) is 2.19. The van der Waals surface area contributed by atoms with E-state index in [-0.39, 0.29) is 5.75 Å². The zero-order valence-electron chi connectivity index (χ0n) is 8.92. The van der Waals surface area contributed by atoms with Crippen LogP contribution in [0.3, 0.4) is 0 Å². The van der Waals surface area contributed by atoms with Gasteiger partial charge in [0.1, 0.15) is 29.6 Å². The number of ether oxygens (including phenoxy) is 1. The fraction of sp³-hybridized carbons (Fsp3) is 0.182. The van der Waals surface area contributed by atoms with Gasteiger partial charge in [-0.25, -0.2) is 0 Å². The van der Waals surface area contributed by atoms with Crippen LogP contribution >= 0.6 is 0 Å². The first-order valence-electron chi connectivity index (χ1n) is 4.85. The van der Waals surface area contributed by atoms with Crippen LogP contribution < -0.4 is 10.5 Å². The van der Waals surface area contributed by atoms with Crippen molar-refractivity contribution in [1.29, 1.82) is 0 Å². The second kappa shape index (κ2) is 4.14. The molecule has 0 saturated heterocycles. The Labute approximate surface area is 93.1 Å². The monoisotopic (exact) mass is 219 g/mol. The zero-order chi connectivity index (χ0) is 11.5. The molecule has 16 heavy (non-hydrogen) atoms. The molecule has 2 rings (SSSR count). The van der Waals surface area contributed by atoms with Crippen LogP contribution in [0.1, 0.15) is 5.69 Å². The van der Waals surface area contributed by atoms with Crippen LogP contribution in [0.5, 0.6) is 11.5 Å². The van der Waals surface area contributed by atoms with E-state index in [1.54, 1.807) is 42.1 Å². The van der Waals surface area contributed by atoms with E-state index in [2.05, 4.69) is 5.10 Å². The standard InChI is InChI=1S/C11H13N3O2/c1-14-11(12)6-8(13-14)7-16-10-4-2-9(15)3-5-10/h2-6,15H,7,12H2,1H3. The van der Waals surface area contributed by atoms with E-state index in [9.17, 15) is 0 Å². The van der Waals surface area contributed by atoms with Crippen LogP contribution in [0.4, 0.5) is 5.82 Å². The molecule has 0 saturated carbocycles. The predicted molar refractivity (Wildman–Crippen MR) is 60.1 cm³/mol. The summed E-state index contributed by atoms with van der Waals surface area (Å²) in [6, 6.07) is 8.30. The number of anilines is 1.